The molecule has 0 atom stereocenters. The third-order valence-electron chi connectivity index (χ3n) is 2.59. The summed E-state index contributed by atoms with van der Waals surface area (Å²) in [4.78, 5) is 0. The van der Waals surface area contributed by atoms with Crippen LogP contribution in [0, 0.1) is 5.41 Å². The molecule has 1 aliphatic carbocycles. The van der Waals surface area contributed by atoms with Gasteiger partial charge in [0.1, 0.15) is 0 Å². The Kier molecular flexibility index (Phi) is 2.69. The van der Waals surface area contributed by atoms with E-state index in [0.29, 0.717) is 0 Å². The van der Waals surface area contributed by atoms with Crippen molar-refractivity contribution in [2.24, 2.45) is 5.41 Å². The standard InChI is InChI=1S/C8H16O2/c9-6-8(7-10)4-2-1-3-5-8/h9-10H,1-7H2/p+1. The van der Waals surface area contributed by atoms with Gasteiger partial charge in [-0.05, 0) is 12.8 Å². The Bertz CT molecular complexity index is 94.3. The Labute approximate surface area is 63.4 Å². The summed E-state index contributed by atoms with van der Waals surface area (Å²) in [6.45, 7) is 0.312. The number of aliphatic hydroxyl groups is 2. The van der Waals surface area contributed by atoms with Gasteiger partial charge in [0.2, 0.25) is 0 Å². The van der Waals surface area contributed by atoms with Crippen LogP contribution in [0.5, 0.6) is 0 Å². The number of hydrogen-bond donors (Lipinski definition) is 2. The summed E-state index contributed by atoms with van der Waals surface area (Å²) in [6, 6.07) is 0. The molecule has 0 aromatic heterocycles. The van der Waals surface area contributed by atoms with Crippen LogP contribution >= 0.6 is 0 Å². The van der Waals surface area contributed by atoms with Gasteiger partial charge in [-0.1, -0.05) is 19.3 Å². The average Bonchev–Trinajstić information content (AvgIpc) is 2.06. The average molecular weight is 145 g/mol. The number of aliphatic hydroxyl groups excluding tert-OH is 2. The van der Waals surface area contributed by atoms with E-state index in [0.717, 1.165) is 12.8 Å². The van der Waals surface area contributed by atoms with Crippen molar-refractivity contribution in [2.75, 3.05) is 13.2 Å². The maximum Gasteiger partial charge on any atom is 1.00 e. The molecule has 10 heavy (non-hydrogen) atoms. The van der Waals surface area contributed by atoms with E-state index in [1.165, 1.54) is 19.3 Å². The highest BCUT2D eigenvalue weighted by molar-refractivity contribution is 4.80. The molecular formula is C8H17O2+. The van der Waals surface area contributed by atoms with Gasteiger partial charge < -0.3 is 10.2 Å². The molecule has 0 spiro atoms. The van der Waals surface area contributed by atoms with Gasteiger partial charge in [-0.2, -0.15) is 0 Å². The molecule has 60 valence electrons. The SMILES string of the molecule is OCC1(CO)CCCCC1.[H+]. The van der Waals surface area contributed by atoms with Crippen LogP contribution in [-0.4, -0.2) is 23.4 Å². The second-order valence-electron chi connectivity index (χ2n) is 3.38. The summed E-state index contributed by atoms with van der Waals surface area (Å²) in [5.41, 5.74) is -0.127. The molecule has 1 saturated carbocycles. The molecule has 0 radical (unpaired) electrons. The third kappa shape index (κ3) is 1.50. The maximum atomic E-state index is 8.98. The van der Waals surface area contributed by atoms with Crippen LogP contribution < -0.4 is 0 Å². The van der Waals surface area contributed by atoms with Gasteiger partial charge in [0.25, 0.3) is 0 Å². The zero-order valence-electron chi connectivity index (χ0n) is 7.34. The predicted octanol–water partition coefficient (Wildman–Crippen LogP) is 1.03. The van der Waals surface area contributed by atoms with Crippen LogP contribution in [0.15, 0.2) is 0 Å². The first-order valence-electron chi connectivity index (χ1n) is 4.05. The van der Waals surface area contributed by atoms with Crippen LogP contribution in [0.3, 0.4) is 0 Å². The van der Waals surface area contributed by atoms with Crippen LogP contribution in [0.2, 0.25) is 0 Å². The summed E-state index contributed by atoms with van der Waals surface area (Å²) < 4.78 is 0. The second-order valence-corrected chi connectivity index (χ2v) is 3.38. The predicted molar refractivity (Wildman–Crippen MR) is 40.8 cm³/mol. The summed E-state index contributed by atoms with van der Waals surface area (Å²) in [5.74, 6) is 0. The molecule has 0 saturated heterocycles. The Balaban J connectivity index is 0.000001000. The number of rotatable bonds is 2. The monoisotopic (exact) mass is 145 g/mol. The fourth-order valence-electron chi connectivity index (χ4n) is 1.67. The normalized spacial score (nSPS) is 24.6. The summed E-state index contributed by atoms with van der Waals surface area (Å²) in [5, 5.41) is 18.0. The van der Waals surface area contributed by atoms with Gasteiger partial charge >= 0.3 is 1.43 Å². The van der Waals surface area contributed by atoms with E-state index in [2.05, 4.69) is 0 Å². The second kappa shape index (κ2) is 3.35. The van der Waals surface area contributed by atoms with Crippen LogP contribution in [0.25, 0.3) is 0 Å². The van der Waals surface area contributed by atoms with Gasteiger partial charge in [-0.3, -0.25) is 0 Å². The Morgan fingerprint density at radius 2 is 1.50 bits per heavy atom. The van der Waals surface area contributed by atoms with E-state index in [4.69, 9.17) is 10.2 Å². The quantitative estimate of drug-likeness (QED) is 0.609. The number of hydrogen-bond acceptors (Lipinski definition) is 2. The minimum absolute atomic E-state index is 0. The lowest BCUT2D eigenvalue weighted by Gasteiger charge is -2.33. The zero-order chi connectivity index (χ0) is 7.45. The van der Waals surface area contributed by atoms with Crippen molar-refractivity contribution >= 4 is 0 Å². The molecule has 1 rings (SSSR count). The van der Waals surface area contributed by atoms with Crippen molar-refractivity contribution in [1.29, 1.82) is 0 Å². The van der Waals surface area contributed by atoms with E-state index in [-0.39, 0.29) is 20.1 Å². The summed E-state index contributed by atoms with van der Waals surface area (Å²) in [7, 11) is 0. The lowest BCUT2D eigenvalue weighted by atomic mass is 9.75. The van der Waals surface area contributed by atoms with Gasteiger partial charge in [-0.15, -0.1) is 0 Å². The topological polar surface area (TPSA) is 40.5 Å². The fourth-order valence-corrected chi connectivity index (χ4v) is 1.67. The van der Waals surface area contributed by atoms with E-state index in [1.807, 2.05) is 0 Å². The van der Waals surface area contributed by atoms with Gasteiger partial charge in [0.15, 0.2) is 0 Å². The molecule has 0 bridgehead atoms. The first kappa shape index (κ1) is 8.02. The lowest BCUT2D eigenvalue weighted by molar-refractivity contribution is 0.0234. The summed E-state index contributed by atoms with van der Waals surface area (Å²) >= 11 is 0. The van der Waals surface area contributed by atoms with E-state index in [9.17, 15) is 0 Å². The van der Waals surface area contributed by atoms with E-state index < -0.39 is 0 Å². The van der Waals surface area contributed by atoms with Crippen molar-refractivity contribution in [3.63, 3.8) is 0 Å². The molecule has 0 amide bonds. The third-order valence-corrected chi connectivity index (χ3v) is 2.59. The van der Waals surface area contributed by atoms with Crippen molar-refractivity contribution in [2.45, 2.75) is 32.1 Å². The molecule has 2 heteroatoms. The Morgan fingerprint density at radius 3 is 1.80 bits per heavy atom. The smallest absolute Gasteiger partial charge is 0.396 e. The molecule has 1 aliphatic rings. The fraction of sp³-hybridized carbons (Fsp3) is 1.00. The Morgan fingerprint density at radius 1 is 1.00 bits per heavy atom. The highest BCUT2D eigenvalue weighted by Crippen LogP contribution is 2.34. The molecule has 0 aliphatic heterocycles. The van der Waals surface area contributed by atoms with Gasteiger partial charge in [-0.25, -0.2) is 0 Å². The van der Waals surface area contributed by atoms with Crippen molar-refractivity contribution in [3.05, 3.63) is 0 Å². The molecule has 0 heterocycles. The molecule has 0 aromatic carbocycles. The highest BCUT2D eigenvalue weighted by atomic mass is 16.3. The zero-order valence-corrected chi connectivity index (χ0v) is 6.34. The maximum absolute atomic E-state index is 8.98. The molecule has 2 N–H and O–H groups in total. The van der Waals surface area contributed by atoms with Crippen molar-refractivity contribution < 1.29 is 11.6 Å². The van der Waals surface area contributed by atoms with E-state index in [1.54, 1.807) is 0 Å². The van der Waals surface area contributed by atoms with Gasteiger partial charge in [0.05, 0.1) is 13.2 Å². The molecular weight excluding hydrogens is 128 g/mol. The lowest BCUT2D eigenvalue weighted by Crippen LogP contribution is -2.31. The van der Waals surface area contributed by atoms with Gasteiger partial charge in [0, 0.05) is 5.41 Å². The molecule has 1 fully saturated rings. The van der Waals surface area contributed by atoms with Crippen molar-refractivity contribution in [3.8, 4) is 0 Å². The van der Waals surface area contributed by atoms with Crippen LogP contribution in [0.1, 0.15) is 33.5 Å². The first-order chi connectivity index (χ1) is 4.83. The molecule has 0 unspecified atom stereocenters. The summed E-state index contributed by atoms with van der Waals surface area (Å²) in [6.07, 6.45) is 5.60. The highest BCUT2D eigenvalue weighted by Gasteiger charge is 2.30. The largest absolute Gasteiger partial charge is 1.00 e. The first-order valence-corrected chi connectivity index (χ1v) is 4.05. The van der Waals surface area contributed by atoms with Crippen LogP contribution in [0.4, 0.5) is 0 Å². The Hall–Kier alpha value is -0.0800. The minimum atomic E-state index is -0.127. The molecule has 0 aromatic rings. The minimum Gasteiger partial charge on any atom is -0.396 e. The van der Waals surface area contributed by atoms with Crippen LogP contribution in [-0.2, 0) is 0 Å². The van der Waals surface area contributed by atoms with E-state index >= 15 is 0 Å². The molecule has 2 nitrogen and oxygen atoms in total. The van der Waals surface area contributed by atoms with Crippen molar-refractivity contribution in [1.82, 2.24) is 0 Å².